The quantitative estimate of drug-likeness (QED) is 0.444. The highest BCUT2D eigenvalue weighted by Crippen LogP contribution is 2.24. The number of anilines is 1. The van der Waals surface area contributed by atoms with Crippen LogP contribution in [0.25, 0.3) is 0 Å². The summed E-state index contributed by atoms with van der Waals surface area (Å²) in [7, 11) is 2.69. The molecule has 0 aliphatic heterocycles. The van der Waals surface area contributed by atoms with Crippen molar-refractivity contribution in [2.75, 3.05) is 11.1 Å². The van der Waals surface area contributed by atoms with E-state index in [9.17, 15) is 19.5 Å². The van der Waals surface area contributed by atoms with Gasteiger partial charge in [0.2, 0.25) is 11.8 Å². The standard InChI is InChI=1S/C24H26N4O4S/c1-14-8-6-10-17(12-14)25-21(20-22(30)27(4)24(32)28(5)23(20)31)33-13-19(29)26-18-11-7-9-15(2)16(18)3/h6-12,30H,13H2,1-5H3,(H,26,29). The first-order chi connectivity index (χ1) is 15.6. The fraction of sp³-hybridized carbons (Fsp3) is 0.250. The molecule has 3 aromatic rings. The molecule has 8 nitrogen and oxygen atoms in total. The zero-order valence-electron chi connectivity index (χ0n) is 19.2. The molecule has 0 radical (unpaired) electrons. The van der Waals surface area contributed by atoms with Crippen LogP contribution in [-0.4, -0.2) is 30.9 Å². The molecule has 0 fully saturated rings. The first-order valence-electron chi connectivity index (χ1n) is 10.2. The van der Waals surface area contributed by atoms with E-state index in [2.05, 4.69) is 10.3 Å². The molecule has 0 aliphatic carbocycles. The summed E-state index contributed by atoms with van der Waals surface area (Å²) in [5, 5.41) is 13.6. The van der Waals surface area contributed by atoms with Crippen molar-refractivity contribution in [1.82, 2.24) is 9.13 Å². The molecule has 2 N–H and O–H groups in total. The van der Waals surface area contributed by atoms with Crippen molar-refractivity contribution >= 4 is 34.1 Å². The first kappa shape index (κ1) is 24.1. The molecular formula is C24H26N4O4S. The van der Waals surface area contributed by atoms with Gasteiger partial charge in [0, 0.05) is 19.8 Å². The van der Waals surface area contributed by atoms with Crippen LogP contribution in [0.15, 0.2) is 57.0 Å². The second-order valence-corrected chi connectivity index (χ2v) is 8.71. The minimum absolute atomic E-state index is 0.0521. The van der Waals surface area contributed by atoms with Crippen LogP contribution in [0, 0.1) is 20.8 Å². The van der Waals surface area contributed by atoms with Crippen LogP contribution in [0.2, 0.25) is 0 Å². The van der Waals surface area contributed by atoms with E-state index in [0.717, 1.165) is 37.6 Å². The molecule has 3 rings (SSSR count). The highest BCUT2D eigenvalue weighted by Gasteiger charge is 2.22. The number of rotatable bonds is 5. The lowest BCUT2D eigenvalue weighted by molar-refractivity contribution is -0.113. The van der Waals surface area contributed by atoms with E-state index >= 15 is 0 Å². The highest BCUT2D eigenvalue weighted by atomic mass is 32.2. The number of hydrogen-bond donors (Lipinski definition) is 2. The molecule has 0 spiro atoms. The molecule has 9 heteroatoms. The number of carbonyl (C=O) groups is 1. The number of nitrogens with one attached hydrogen (secondary N) is 1. The average molecular weight is 467 g/mol. The van der Waals surface area contributed by atoms with Crippen molar-refractivity contribution in [3.05, 3.63) is 85.6 Å². The van der Waals surface area contributed by atoms with Crippen LogP contribution in [0.1, 0.15) is 22.3 Å². The van der Waals surface area contributed by atoms with Gasteiger partial charge >= 0.3 is 5.69 Å². The third kappa shape index (κ3) is 5.25. The summed E-state index contributed by atoms with van der Waals surface area (Å²) in [4.78, 5) is 42.3. The van der Waals surface area contributed by atoms with E-state index in [-0.39, 0.29) is 22.3 Å². The van der Waals surface area contributed by atoms with E-state index in [1.54, 1.807) is 6.07 Å². The molecule has 0 atom stereocenters. The Morgan fingerprint density at radius 2 is 1.76 bits per heavy atom. The Morgan fingerprint density at radius 3 is 2.45 bits per heavy atom. The molecule has 0 bridgehead atoms. The van der Waals surface area contributed by atoms with Crippen molar-refractivity contribution in [1.29, 1.82) is 0 Å². The number of benzene rings is 2. The summed E-state index contributed by atoms with van der Waals surface area (Å²) in [5.41, 5.74) is 2.77. The molecule has 33 heavy (non-hydrogen) atoms. The summed E-state index contributed by atoms with van der Waals surface area (Å²) in [6, 6.07) is 13.0. The number of aryl methyl sites for hydroxylation is 2. The van der Waals surface area contributed by atoms with E-state index in [1.165, 1.54) is 14.1 Å². The van der Waals surface area contributed by atoms with Crippen molar-refractivity contribution in [3.8, 4) is 5.88 Å². The van der Waals surface area contributed by atoms with Gasteiger partial charge in [0.25, 0.3) is 5.56 Å². The Bertz CT molecular complexity index is 1370. The maximum Gasteiger partial charge on any atom is 0.333 e. The number of amides is 1. The topological polar surface area (TPSA) is 106 Å². The first-order valence-corrected chi connectivity index (χ1v) is 11.2. The number of aromatic nitrogens is 2. The lowest BCUT2D eigenvalue weighted by Gasteiger charge is -2.13. The van der Waals surface area contributed by atoms with Gasteiger partial charge in [0.1, 0.15) is 10.6 Å². The smallest absolute Gasteiger partial charge is 0.333 e. The van der Waals surface area contributed by atoms with Crippen molar-refractivity contribution in [2.45, 2.75) is 20.8 Å². The number of carbonyl (C=O) groups excluding carboxylic acids is 1. The molecule has 0 unspecified atom stereocenters. The second kappa shape index (κ2) is 9.91. The van der Waals surface area contributed by atoms with Gasteiger partial charge in [0.05, 0.1) is 11.4 Å². The number of aromatic hydroxyl groups is 1. The molecule has 1 heterocycles. The van der Waals surface area contributed by atoms with Crippen LogP contribution in [0.3, 0.4) is 0 Å². The summed E-state index contributed by atoms with van der Waals surface area (Å²) in [6.45, 7) is 5.80. The number of aliphatic imine (C=N–C) groups is 1. The highest BCUT2D eigenvalue weighted by molar-refractivity contribution is 8.15. The van der Waals surface area contributed by atoms with E-state index < -0.39 is 17.1 Å². The number of thioether (sulfide) groups is 1. The maximum atomic E-state index is 12.9. The molecule has 0 aliphatic rings. The van der Waals surface area contributed by atoms with Crippen molar-refractivity contribution < 1.29 is 9.90 Å². The normalized spacial score (nSPS) is 11.5. The Morgan fingerprint density at radius 1 is 1.06 bits per heavy atom. The molecule has 2 aromatic carbocycles. The largest absolute Gasteiger partial charge is 0.494 e. The fourth-order valence-corrected chi connectivity index (χ4v) is 4.04. The van der Waals surface area contributed by atoms with Crippen molar-refractivity contribution in [2.24, 2.45) is 19.1 Å². The monoisotopic (exact) mass is 466 g/mol. The van der Waals surface area contributed by atoms with Crippen LogP contribution >= 0.6 is 11.8 Å². The summed E-state index contributed by atoms with van der Waals surface area (Å²) in [6.07, 6.45) is 0. The van der Waals surface area contributed by atoms with Gasteiger partial charge < -0.3 is 10.4 Å². The summed E-state index contributed by atoms with van der Waals surface area (Å²) in [5.74, 6) is -0.840. The Labute approximate surface area is 195 Å². The van der Waals surface area contributed by atoms with Crippen molar-refractivity contribution in [3.63, 3.8) is 0 Å². The molecule has 1 aromatic heterocycles. The molecule has 0 saturated carbocycles. The lowest BCUT2D eigenvalue weighted by atomic mass is 10.1. The Hall–Kier alpha value is -3.59. The summed E-state index contributed by atoms with van der Waals surface area (Å²) >= 11 is 1.01. The Balaban J connectivity index is 1.99. The molecule has 172 valence electrons. The van der Waals surface area contributed by atoms with Gasteiger partial charge in [-0.15, -0.1) is 0 Å². The van der Waals surface area contributed by atoms with Crippen LogP contribution in [-0.2, 0) is 18.9 Å². The number of hydrogen-bond acceptors (Lipinski definition) is 6. The minimum atomic E-state index is -0.690. The molecule has 1 amide bonds. The van der Waals surface area contributed by atoms with Gasteiger partial charge in [-0.05, 0) is 55.7 Å². The van der Waals surface area contributed by atoms with Gasteiger partial charge in [-0.25, -0.2) is 9.79 Å². The maximum absolute atomic E-state index is 12.9. The predicted octanol–water partition coefficient (Wildman–Crippen LogP) is 3.17. The minimum Gasteiger partial charge on any atom is -0.494 e. The average Bonchev–Trinajstić information content (AvgIpc) is 2.78. The third-order valence-corrected chi connectivity index (χ3v) is 6.27. The second-order valence-electron chi connectivity index (χ2n) is 7.74. The molecule has 0 saturated heterocycles. The van der Waals surface area contributed by atoms with Gasteiger partial charge in [-0.1, -0.05) is 36.0 Å². The zero-order chi connectivity index (χ0) is 24.3. The van der Waals surface area contributed by atoms with Gasteiger partial charge in [0.15, 0.2) is 0 Å². The summed E-state index contributed by atoms with van der Waals surface area (Å²) < 4.78 is 1.87. The van der Waals surface area contributed by atoms with E-state index in [1.807, 2.05) is 57.2 Å². The van der Waals surface area contributed by atoms with Gasteiger partial charge in [-0.3, -0.25) is 18.7 Å². The SMILES string of the molecule is Cc1cccc(N=C(SCC(=O)Nc2cccc(C)c2C)c2c(O)n(C)c(=O)n(C)c2=O)c1. The Kier molecular flexibility index (Phi) is 7.23. The third-order valence-electron chi connectivity index (χ3n) is 5.30. The molecular weight excluding hydrogens is 440 g/mol. The lowest BCUT2D eigenvalue weighted by Crippen LogP contribution is -2.39. The van der Waals surface area contributed by atoms with Crippen LogP contribution in [0.5, 0.6) is 5.88 Å². The predicted molar refractivity (Wildman–Crippen MR) is 133 cm³/mol. The van der Waals surface area contributed by atoms with E-state index in [4.69, 9.17) is 0 Å². The van der Waals surface area contributed by atoms with E-state index in [0.29, 0.717) is 11.4 Å². The van der Waals surface area contributed by atoms with Crippen LogP contribution in [0.4, 0.5) is 11.4 Å². The zero-order valence-corrected chi connectivity index (χ0v) is 20.0. The van der Waals surface area contributed by atoms with Crippen LogP contribution < -0.4 is 16.6 Å². The van der Waals surface area contributed by atoms with Gasteiger partial charge in [-0.2, -0.15) is 0 Å². The fourth-order valence-electron chi connectivity index (χ4n) is 3.20. The number of nitrogens with zero attached hydrogens (tertiary/aromatic N) is 3.